The van der Waals surface area contributed by atoms with Crippen molar-refractivity contribution in [3.05, 3.63) is 35.6 Å². The molecule has 8 heteroatoms. The van der Waals surface area contributed by atoms with Gasteiger partial charge in [0, 0.05) is 32.8 Å². The molecule has 0 amide bonds. The van der Waals surface area contributed by atoms with Gasteiger partial charge in [0.05, 0.1) is 19.6 Å². The molecule has 2 heterocycles. The maximum absolute atomic E-state index is 12.6. The molecule has 2 atom stereocenters. The van der Waals surface area contributed by atoms with Gasteiger partial charge in [-0.15, -0.1) is 0 Å². The molecule has 4 rings (SSSR count). The van der Waals surface area contributed by atoms with Crippen molar-refractivity contribution < 1.29 is 38.1 Å². The summed E-state index contributed by atoms with van der Waals surface area (Å²) in [6.45, 7) is 3.05. The Balaban J connectivity index is 1.61. The second-order valence-corrected chi connectivity index (χ2v) is 7.06. The van der Waals surface area contributed by atoms with Crippen molar-refractivity contribution in [2.24, 2.45) is 0 Å². The first-order valence-electron chi connectivity index (χ1n) is 9.05. The summed E-state index contributed by atoms with van der Waals surface area (Å²) in [5, 5.41) is 0. The lowest BCUT2D eigenvalue weighted by atomic mass is 9.79. The number of hydrogen-bond acceptors (Lipinski definition) is 8. The molecule has 1 fully saturated rings. The van der Waals surface area contributed by atoms with Gasteiger partial charge in [-0.05, 0) is 17.7 Å². The van der Waals surface area contributed by atoms with Gasteiger partial charge >= 0.3 is 11.9 Å². The molecule has 2 unspecified atom stereocenters. The third-order valence-corrected chi connectivity index (χ3v) is 4.98. The fourth-order valence-corrected chi connectivity index (χ4v) is 3.75. The molecular weight excluding hydrogens is 368 g/mol. The minimum atomic E-state index is -1.67. The van der Waals surface area contributed by atoms with E-state index in [0.717, 1.165) is 5.56 Å². The van der Waals surface area contributed by atoms with Crippen molar-refractivity contribution in [1.29, 1.82) is 0 Å². The Morgan fingerprint density at radius 2 is 2.00 bits per heavy atom. The Morgan fingerprint density at radius 3 is 2.75 bits per heavy atom. The Morgan fingerprint density at radius 1 is 1.18 bits per heavy atom. The standard InChI is InChI=1S/C20H20O8/c1-12(21)24-7-5-14-3-4-15-16(9-14)26-18-10-17(23)20(27-13(2)22)11-19(18,28-15)6-8-25-20/h3-4,9-10H,5-8,11H2,1-2H3. The predicted molar refractivity (Wildman–Crippen MR) is 93.5 cm³/mol. The molecule has 0 radical (unpaired) electrons. The summed E-state index contributed by atoms with van der Waals surface area (Å²) in [5.41, 5.74) is -0.0167. The number of carbonyl (C=O) groups is 3. The number of rotatable bonds is 4. The van der Waals surface area contributed by atoms with Crippen molar-refractivity contribution in [2.75, 3.05) is 13.2 Å². The van der Waals surface area contributed by atoms with E-state index in [4.69, 9.17) is 23.7 Å². The smallest absolute Gasteiger partial charge is 0.305 e. The molecule has 0 saturated carbocycles. The highest BCUT2D eigenvalue weighted by Crippen LogP contribution is 2.51. The highest BCUT2D eigenvalue weighted by molar-refractivity contribution is 5.99. The number of benzene rings is 1. The molecule has 8 nitrogen and oxygen atoms in total. The van der Waals surface area contributed by atoms with Crippen LogP contribution in [0, 0.1) is 0 Å². The first-order chi connectivity index (χ1) is 13.3. The van der Waals surface area contributed by atoms with Crippen molar-refractivity contribution in [2.45, 2.75) is 44.5 Å². The molecule has 1 aliphatic carbocycles. The lowest BCUT2D eigenvalue weighted by molar-refractivity contribution is -0.260. The van der Waals surface area contributed by atoms with E-state index in [9.17, 15) is 14.4 Å². The van der Waals surface area contributed by atoms with Gasteiger partial charge in [-0.1, -0.05) is 6.07 Å². The first-order valence-corrected chi connectivity index (χ1v) is 9.05. The quantitative estimate of drug-likeness (QED) is 0.721. The van der Waals surface area contributed by atoms with Crippen LogP contribution in [0.2, 0.25) is 0 Å². The van der Waals surface area contributed by atoms with Crippen LogP contribution in [0.3, 0.4) is 0 Å². The largest absolute Gasteiger partial charge is 0.475 e. The second-order valence-electron chi connectivity index (χ2n) is 7.06. The van der Waals surface area contributed by atoms with Gasteiger partial charge in [0.1, 0.15) is 0 Å². The molecule has 3 aliphatic rings. The summed E-state index contributed by atoms with van der Waals surface area (Å²) in [6, 6.07) is 5.44. The van der Waals surface area contributed by atoms with Crippen molar-refractivity contribution in [3.63, 3.8) is 0 Å². The van der Waals surface area contributed by atoms with Crippen LogP contribution in [0.25, 0.3) is 0 Å². The van der Waals surface area contributed by atoms with E-state index in [0.29, 0.717) is 30.1 Å². The van der Waals surface area contributed by atoms with E-state index in [1.165, 1.54) is 19.9 Å². The fourth-order valence-electron chi connectivity index (χ4n) is 3.75. The molecule has 1 spiro atoms. The third kappa shape index (κ3) is 3.13. The van der Waals surface area contributed by atoms with Crippen molar-refractivity contribution >= 4 is 17.7 Å². The lowest BCUT2D eigenvalue weighted by Gasteiger charge is -2.50. The van der Waals surface area contributed by atoms with Crippen LogP contribution in [-0.4, -0.2) is 42.3 Å². The van der Waals surface area contributed by atoms with Gasteiger partial charge in [-0.2, -0.15) is 0 Å². The van der Waals surface area contributed by atoms with E-state index >= 15 is 0 Å². The average Bonchev–Trinajstić information content (AvgIpc) is 2.61. The zero-order valence-electron chi connectivity index (χ0n) is 15.6. The highest BCUT2D eigenvalue weighted by Gasteiger charge is 2.61. The molecule has 1 aromatic carbocycles. The number of hydrogen-bond donors (Lipinski definition) is 0. The average molecular weight is 388 g/mol. The Kier molecular flexibility index (Phi) is 4.38. The van der Waals surface area contributed by atoms with Gasteiger partial charge in [0.2, 0.25) is 5.78 Å². The van der Waals surface area contributed by atoms with Gasteiger partial charge in [-0.25, -0.2) is 0 Å². The number of carbonyl (C=O) groups excluding carboxylic acids is 3. The van der Waals surface area contributed by atoms with E-state index in [1.54, 1.807) is 12.1 Å². The molecule has 2 aliphatic heterocycles. The number of ether oxygens (including phenoxy) is 5. The van der Waals surface area contributed by atoms with E-state index in [1.807, 2.05) is 6.07 Å². The van der Waals surface area contributed by atoms with Crippen LogP contribution in [0.15, 0.2) is 30.0 Å². The number of ketones is 1. The van der Waals surface area contributed by atoms with Crippen molar-refractivity contribution in [3.8, 4) is 11.5 Å². The molecule has 1 aromatic rings. The number of esters is 2. The Bertz CT molecular complexity index is 888. The zero-order chi connectivity index (χ0) is 19.9. The third-order valence-electron chi connectivity index (χ3n) is 4.98. The van der Waals surface area contributed by atoms with Crippen LogP contribution < -0.4 is 9.47 Å². The number of fused-ring (bicyclic) bond motifs is 2. The minimum Gasteiger partial charge on any atom is -0.475 e. The summed E-state index contributed by atoms with van der Waals surface area (Å²) < 4.78 is 28.0. The summed E-state index contributed by atoms with van der Waals surface area (Å²) >= 11 is 0. The topological polar surface area (TPSA) is 97.4 Å². The Hall–Kier alpha value is -2.87. The van der Waals surface area contributed by atoms with Crippen LogP contribution in [0.1, 0.15) is 32.3 Å². The van der Waals surface area contributed by atoms with Crippen LogP contribution in [-0.2, 0) is 35.0 Å². The van der Waals surface area contributed by atoms with E-state index < -0.39 is 23.1 Å². The summed E-state index contributed by atoms with van der Waals surface area (Å²) in [7, 11) is 0. The van der Waals surface area contributed by atoms with E-state index in [-0.39, 0.29) is 25.6 Å². The van der Waals surface area contributed by atoms with Crippen LogP contribution >= 0.6 is 0 Å². The van der Waals surface area contributed by atoms with Crippen LogP contribution in [0.5, 0.6) is 11.5 Å². The maximum Gasteiger partial charge on any atom is 0.305 e. The maximum atomic E-state index is 12.6. The Labute approximate surface area is 161 Å². The second kappa shape index (κ2) is 6.63. The van der Waals surface area contributed by atoms with Crippen molar-refractivity contribution in [1.82, 2.24) is 0 Å². The summed E-state index contributed by atoms with van der Waals surface area (Å²) in [5.74, 6) is -1.69. The molecule has 28 heavy (non-hydrogen) atoms. The van der Waals surface area contributed by atoms with Gasteiger partial charge in [0.15, 0.2) is 22.9 Å². The molecule has 148 valence electrons. The van der Waals surface area contributed by atoms with Crippen LogP contribution in [0.4, 0.5) is 0 Å². The van der Waals surface area contributed by atoms with Gasteiger partial charge < -0.3 is 23.7 Å². The highest BCUT2D eigenvalue weighted by atomic mass is 16.7. The lowest BCUT2D eigenvalue weighted by Crippen LogP contribution is -2.62. The minimum absolute atomic E-state index is 0.0396. The normalized spacial score (nSPS) is 27.4. The first kappa shape index (κ1) is 18.5. The monoisotopic (exact) mass is 388 g/mol. The molecule has 0 N–H and O–H groups in total. The van der Waals surface area contributed by atoms with Gasteiger partial charge in [-0.3, -0.25) is 14.4 Å². The fraction of sp³-hybridized carbons (Fsp3) is 0.450. The molecule has 0 aromatic heterocycles. The molecule has 1 saturated heterocycles. The zero-order valence-corrected chi connectivity index (χ0v) is 15.6. The predicted octanol–water partition coefficient (Wildman–Crippen LogP) is 1.84. The van der Waals surface area contributed by atoms with Gasteiger partial charge in [0.25, 0.3) is 5.79 Å². The molecular formula is C20H20O8. The summed E-state index contributed by atoms with van der Waals surface area (Å²) in [6.07, 6.45) is 2.32. The van der Waals surface area contributed by atoms with E-state index in [2.05, 4.69) is 0 Å². The molecule has 2 bridgehead atoms. The SMILES string of the molecule is CC(=O)OCCc1ccc2c(c1)OC1=CC(=O)C3(OC(C)=O)CC1(CCO3)O2. The summed E-state index contributed by atoms with van der Waals surface area (Å²) in [4.78, 5) is 35.0.